The molecule has 5 nitrogen and oxygen atoms in total. The van der Waals surface area contributed by atoms with Gasteiger partial charge in [0.05, 0.1) is 5.60 Å². The number of hydrogen-bond donors (Lipinski definition) is 1. The lowest BCUT2D eigenvalue weighted by Crippen LogP contribution is -2.48. The fourth-order valence-electron chi connectivity index (χ4n) is 2.85. The summed E-state index contributed by atoms with van der Waals surface area (Å²) in [6, 6.07) is 3.15. The number of amides is 1. The summed E-state index contributed by atoms with van der Waals surface area (Å²) in [4.78, 5) is 23.9. The van der Waals surface area contributed by atoms with Crippen molar-refractivity contribution < 1.29 is 9.53 Å². The van der Waals surface area contributed by atoms with E-state index < -0.39 is 0 Å². The first-order valence-electron chi connectivity index (χ1n) is 7.61. The highest BCUT2D eigenvalue weighted by Gasteiger charge is 2.35. The molecule has 1 aromatic rings. The summed E-state index contributed by atoms with van der Waals surface area (Å²) < 4.78 is 7.36. The van der Waals surface area contributed by atoms with Crippen LogP contribution in [-0.2, 0) is 11.8 Å². The third-order valence-corrected chi connectivity index (χ3v) is 4.48. The Hall–Kier alpha value is -1.62. The highest BCUT2D eigenvalue weighted by atomic mass is 16.5. The minimum atomic E-state index is -0.180. The number of aromatic nitrogens is 1. The van der Waals surface area contributed by atoms with E-state index in [2.05, 4.69) is 19.2 Å². The molecule has 5 heteroatoms. The van der Waals surface area contributed by atoms with Crippen LogP contribution in [0.1, 0.15) is 49.9 Å². The minimum absolute atomic E-state index is 0.107. The number of pyridine rings is 1. The molecule has 0 aliphatic carbocycles. The lowest BCUT2D eigenvalue weighted by Gasteiger charge is -2.40. The molecule has 1 unspecified atom stereocenters. The van der Waals surface area contributed by atoms with E-state index in [1.54, 1.807) is 19.3 Å². The molecule has 0 bridgehead atoms. The van der Waals surface area contributed by atoms with Crippen LogP contribution in [-0.4, -0.2) is 28.7 Å². The van der Waals surface area contributed by atoms with Crippen molar-refractivity contribution in [3.63, 3.8) is 0 Å². The number of nitrogens with zero attached hydrogens (tertiary/aromatic N) is 1. The van der Waals surface area contributed by atoms with Crippen molar-refractivity contribution in [2.45, 2.75) is 51.2 Å². The molecule has 2 heterocycles. The van der Waals surface area contributed by atoms with Gasteiger partial charge in [0.2, 0.25) is 0 Å². The Labute approximate surface area is 125 Å². The van der Waals surface area contributed by atoms with Crippen LogP contribution in [0.4, 0.5) is 0 Å². The maximum atomic E-state index is 12.3. The topological polar surface area (TPSA) is 60.3 Å². The number of rotatable bonds is 4. The fourth-order valence-corrected chi connectivity index (χ4v) is 2.85. The van der Waals surface area contributed by atoms with E-state index in [9.17, 15) is 9.59 Å². The van der Waals surface area contributed by atoms with Gasteiger partial charge in [0.15, 0.2) is 0 Å². The second-order valence-corrected chi connectivity index (χ2v) is 5.77. The van der Waals surface area contributed by atoms with Gasteiger partial charge in [0, 0.05) is 37.5 Å². The zero-order valence-corrected chi connectivity index (χ0v) is 13.0. The van der Waals surface area contributed by atoms with Crippen LogP contribution < -0.4 is 10.9 Å². The molecule has 1 atom stereocenters. The Morgan fingerprint density at radius 2 is 2.19 bits per heavy atom. The Morgan fingerprint density at radius 3 is 2.81 bits per heavy atom. The van der Waals surface area contributed by atoms with Crippen LogP contribution in [0.15, 0.2) is 23.1 Å². The molecule has 21 heavy (non-hydrogen) atoms. The summed E-state index contributed by atoms with van der Waals surface area (Å²) in [6.07, 6.45) is 5.15. The van der Waals surface area contributed by atoms with Crippen LogP contribution in [0.25, 0.3) is 0 Å². The van der Waals surface area contributed by atoms with E-state index in [1.807, 2.05) is 0 Å². The van der Waals surface area contributed by atoms with Crippen molar-refractivity contribution in [2.75, 3.05) is 6.61 Å². The Bertz CT molecular complexity index is 561. The van der Waals surface area contributed by atoms with E-state index in [0.29, 0.717) is 12.2 Å². The van der Waals surface area contributed by atoms with E-state index in [0.717, 1.165) is 25.7 Å². The lowest BCUT2D eigenvalue weighted by molar-refractivity contribution is -0.0917. The van der Waals surface area contributed by atoms with Crippen molar-refractivity contribution in [1.29, 1.82) is 0 Å². The number of nitrogens with one attached hydrogen (secondary N) is 1. The van der Waals surface area contributed by atoms with E-state index in [1.165, 1.54) is 10.6 Å². The molecule has 2 rings (SSSR count). The quantitative estimate of drug-likeness (QED) is 0.921. The van der Waals surface area contributed by atoms with Crippen molar-refractivity contribution >= 4 is 5.91 Å². The van der Waals surface area contributed by atoms with Gasteiger partial charge in [-0.05, 0) is 31.7 Å². The van der Waals surface area contributed by atoms with Gasteiger partial charge >= 0.3 is 0 Å². The highest BCUT2D eigenvalue weighted by molar-refractivity contribution is 5.94. The first kappa shape index (κ1) is 15.8. The Morgan fingerprint density at radius 1 is 1.48 bits per heavy atom. The van der Waals surface area contributed by atoms with Crippen molar-refractivity contribution in [1.82, 2.24) is 9.88 Å². The van der Waals surface area contributed by atoms with Crippen LogP contribution in [0, 0.1) is 0 Å². The monoisotopic (exact) mass is 292 g/mol. The van der Waals surface area contributed by atoms with Gasteiger partial charge in [0.1, 0.15) is 0 Å². The number of carbonyl (C=O) groups excluding carboxylic acids is 1. The summed E-state index contributed by atoms with van der Waals surface area (Å²) in [5.74, 6) is -0.180. The van der Waals surface area contributed by atoms with Gasteiger partial charge in [-0.15, -0.1) is 0 Å². The molecular weight excluding hydrogens is 268 g/mol. The van der Waals surface area contributed by atoms with Gasteiger partial charge in [-0.1, -0.05) is 13.8 Å². The standard InChI is InChI=1S/C16H24N2O3/c1-4-16(5-2)11-13(7-9-21-16)17-15(20)12-6-8-18(3)14(19)10-12/h6,8,10,13H,4-5,7,9,11H2,1-3H3,(H,17,20). The van der Waals surface area contributed by atoms with E-state index >= 15 is 0 Å². The summed E-state index contributed by atoms with van der Waals surface area (Å²) >= 11 is 0. The average Bonchev–Trinajstić information content (AvgIpc) is 2.50. The van der Waals surface area contributed by atoms with Crippen molar-refractivity contribution in [2.24, 2.45) is 7.05 Å². The van der Waals surface area contributed by atoms with Gasteiger partial charge in [-0.25, -0.2) is 0 Å². The average molecular weight is 292 g/mol. The number of hydrogen-bond acceptors (Lipinski definition) is 3. The van der Waals surface area contributed by atoms with Crippen LogP contribution >= 0.6 is 0 Å². The van der Waals surface area contributed by atoms with E-state index in [-0.39, 0.29) is 23.1 Å². The summed E-state index contributed by atoms with van der Waals surface area (Å²) in [5.41, 5.74) is 0.123. The third-order valence-electron chi connectivity index (χ3n) is 4.48. The summed E-state index contributed by atoms with van der Waals surface area (Å²) in [5, 5.41) is 3.04. The smallest absolute Gasteiger partial charge is 0.251 e. The minimum Gasteiger partial charge on any atom is -0.375 e. The van der Waals surface area contributed by atoms with Crippen molar-refractivity contribution in [3.8, 4) is 0 Å². The number of ether oxygens (including phenoxy) is 1. The second kappa shape index (κ2) is 6.43. The maximum absolute atomic E-state index is 12.3. The van der Waals surface area contributed by atoms with Gasteiger partial charge in [-0.2, -0.15) is 0 Å². The third kappa shape index (κ3) is 3.53. The Kier molecular flexibility index (Phi) is 4.83. The van der Waals surface area contributed by atoms with Gasteiger partial charge < -0.3 is 14.6 Å². The Balaban J connectivity index is 2.05. The second-order valence-electron chi connectivity index (χ2n) is 5.77. The fraction of sp³-hybridized carbons (Fsp3) is 0.625. The molecular formula is C16H24N2O3. The van der Waals surface area contributed by atoms with Crippen molar-refractivity contribution in [3.05, 3.63) is 34.2 Å². The predicted molar refractivity (Wildman–Crippen MR) is 81.4 cm³/mol. The SMILES string of the molecule is CCC1(CC)CC(NC(=O)c2ccn(C)c(=O)c2)CCO1. The molecule has 0 spiro atoms. The summed E-state index contributed by atoms with van der Waals surface area (Å²) in [6.45, 7) is 4.91. The van der Waals surface area contributed by atoms with Crippen LogP contribution in [0.5, 0.6) is 0 Å². The summed E-state index contributed by atoms with van der Waals surface area (Å²) in [7, 11) is 1.67. The number of carbonyl (C=O) groups is 1. The first-order valence-corrected chi connectivity index (χ1v) is 7.61. The zero-order valence-electron chi connectivity index (χ0n) is 13.0. The molecule has 1 aliphatic heterocycles. The lowest BCUT2D eigenvalue weighted by atomic mass is 9.86. The molecule has 116 valence electrons. The molecule has 1 aromatic heterocycles. The predicted octanol–water partition coefficient (Wildman–Crippen LogP) is 1.85. The molecule has 1 fully saturated rings. The molecule has 1 N–H and O–H groups in total. The molecule has 0 aromatic carbocycles. The molecule has 0 radical (unpaired) electrons. The largest absolute Gasteiger partial charge is 0.375 e. The zero-order chi connectivity index (χ0) is 15.5. The molecule has 1 saturated heterocycles. The molecule has 0 saturated carbocycles. The molecule has 1 aliphatic rings. The number of aryl methyl sites for hydroxylation is 1. The highest BCUT2D eigenvalue weighted by Crippen LogP contribution is 2.31. The first-order chi connectivity index (χ1) is 9.99. The van der Waals surface area contributed by atoms with Gasteiger partial charge in [-0.3, -0.25) is 9.59 Å². The van der Waals surface area contributed by atoms with Crippen LogP contribution in [0.3, 0.4) is 0 Å². The van der Waals surface area contributed by atoms with Crippen LogP contribution in [0.2, 0.25) is 0 Å². The normalized spacial score (nSPS) is 21.0. The molecule has 1 amide bonds. The van der Waals surface area contributed by atoms with Gasteiger partial charge in [0.25, 0.3) is 11.5 Å². The van der Waals surface area contributed by atoms with E-state index in [4.69, 9.17) is 4.74 Å². The maximum Gasteiger partial charge on any atom is 0.251 e.